The second-order valence-electron chi connectivity index (χ2n) is 6.00. The second kappa shape index (κ2) is 9.26. The number of hydrogen-bond donors (Lipinski definition) is 0. The van der Waals surface area contributed by atoms with Crippen molar-refractivity contribution in [1.29, 1.82) is 0 Å². The molecule has 0 aliphatic heterocycles. The van der Waals surface area contributed by atoms with Crippen molar-refractivity contribution in [1.82, 2.24) is 0 Å². The fraction of sp³-hybridized carbons (Fsp3) is 0.167. The molecule has 3 aromatic rings. The van der Waals surface area contributed by atoms with Crippen molar-refractivity contribution < 1.29 is 4.74 Å². The fourth-order valence-electron chi connectivity index (χ4n) is 3.16. The minimum Gasteiger partial charge on any atom is -0.492 e. The van der Waals surface area contributed by atoms with E-state index < -0.39 is 0 Å². The molecule has 0 fully saturated rings. The van der Waals surface area contributed by atoms with E-state index in [-0.39, 0.29) is 0 Å². The summed E-state index contributed by atoms with van der Waals surface area (Å²) in [5.41, 5.74) is 6.28. The largest absolute Gasteiger partial charge is 0.492 e. The van der Waals surface area contributed by atoms with Gasteiger partial charge < -0.3 is 4.74 Å². The van der Waals surface area contributed by atoms with Gasteiger partial charge in [0.25, 0.3) is 0 Å². The molecule has 0 N–H and O–H groups in total. The van der Waals surface area contributed by atoms with Crippen molar-refractivity contribution in [2.24, 2.45) is 0 Å². The SMILES string of the molecule is CC/C(=C(/c1ccc(OCCCl)cc1)[13c]1[13cH][13cH][13cH][13cH][13cH]1)c1ccccc1. The highest BCUT2D eigenvalue weighted by molar-refractivity contribution is 6.18. The first-order valence-electron chi connectivity index (χ1n) is 8.96. The van der Waals surface area contributed by atoms with Crippen LogP contribution in [0.5, 0.6) is 5.75 Å². The molecule has 0 spiro atoms. The number of hydrogen-bond acceptors (Lipinski definition) is 1. The molecule has 3 rings (SSSR count). The van der Waals surface area contributed by atoms with Crippen molar-refractivity contribution >= 4 is 22.7 Å². The number of alkyl halides is 1. The minimum absolute atomic E-state index is 0.491. The molecule has 132 valence electrons. The summed E-state index contributed by atoms with van der Waals surface area (Å²) in [4.78, 5) is 0. The molecule has 0 aromatic heterocycles. The van der Waals surface area contributed by atoms with Gasteiger partial charge in [-0.2, -0.15) is 0 Å². The smallest absolute Gasteiger partial charge is 0.119 e. The number of allylic oxidation sites excluding steroid dienone is 1. The molecule has 2 heteroatoms. The van der Waals surface area contributed by atoms with Gasteiger partial charge in [0.2, 0.25) is 0 Å². The van der Waals surface area contributed by atoms with Gasteiger partial charge in [-0.15, -0.1) is 11.6 Å². The molecule has 1 nitrogen and oxygen atoms in total. The van der Waals surface area contributed by atoms with Crippen LogP contribution in [0.4, 0.5) is 0 Å². The van der Waals surface area contributed by atoms with E-state index in [2.05, 4.69) is 79.7 Å². The first-order valence-corrected chi connectivity index (χ1v) is 9.50. The molecular formula is C24H23ClO. The molecule has 0 amide bonds. The summed E-state index contributed by atoms with van der Waals surface area (Å²) in [6.07, 6.45) is 0.957. The lowest BCUT2D eigenvalue weighted by Gasteiger charge is -2.16. The summed E-state index contributed by atoms with van der Waals surface area (Å²) in [5, 5.41) is 0. The quantitative estimate of drug-likeness (QED) is 0.334. The standard InChI is InChI=1S/C24H23ClO/c1-2-23(19-9-5-3-6-10-19)24(20-11-7-4-8-12-20)21-13-15-22(16-14-21)26-18-17-25/h3-16H,2,17-18H2,1H3/b24-23-/i4+1,7+1,8+1,11+1,12+1,20+1. The summed E-state index contributed by atoms with van der Waals surface area (Å²) in [7, 11) is 0. The number of rotatable bonds is 7. The zero-order valence-corrected chi connectivity index (χ0v) is 15.7. The third-order valence-corrected chi connectivity index (χ3v) is 4.48. The van der Waals surface area contributed by atoms with Crippen LogP contribution in [-0.2, 0) is 0 Å². The Balaban J connectivity index is 2.11. The van der Waals surface area contributed by atoms with Crippen molar-refractivity contribution in [2.45, 2.75) is 13.3 Å². The Hall–Kier alpha value is -2.51. The normalized spacial score (nSPS) is 11.8. The van der Waals surface area contributed by atoms with Gasteiger partial charge >= 0.3 is 0 Å². The van der Waals surface area contributed by atoms with Crippen LogP contribution >= 0.6 is 11.6 Å². The Kier molecular flexibility index (Phi) is 6.51. The number of ether oxygens (including phenoxy) is 1. The maximum Gasteiger partial charge on any atom is 0.119 e. The topological polar surface area (TPSA) is 9.23 Å². The lowest BCUT2D eigenvalue weighted by Crippen LogP contribution is -1.98. The van der Waals surface area contributed by atoms with Crippen LogP contribution < -0.4 is 4.74 Å². The van der Waals surface area contributed by atoms with E-state index in [0.29, 0.717) is 12.5 Å². The van der Waals surface area contributed by atoms with Gasteiger partial charge in [-0.25, -0.2) is 0 Å². The second-order valence-corrected chi connectivity index (χ2v) is 6.38. The maximum atomic E-state index is 5.71. The van der Waals surface area contributed by atoms with Gasteiger partial charge in [-0.1, -0.05) is 79.7 Å². The highest BCUT2D eigenvalue weighted by atomic mass is 35.5. The third-order valence-electron chi connectivity index (χ3n) is 4.33. The van der Waals surface area contributed by atoms with Crippen molar-refractivity contribution in [3.8, 4) is 5.75 Å². The molecule has 0 atom stereocenters. The lowest BCUT2D eigenvalue weighted by molar-refractivity contribution is 0.343. The summed E-state index contributed by atoms with van der Waals surface area (Å²) < 4.78 is 5.62. The zero-order valence-electron chi connectivity index (χ0n) is 15.0. The molecule has 0 aliphatic rings. The number of benzene rings is 3. The van der Waals surface area contributed by atoms with Crippen LogP contribution in [0.25, 0.3) is 11.1 Å². The fourth-order valence-corrected chi connectivity index (χ4v) is 3.24. The van der Waals surface area contributed by atoms with Gasteiger partial charge in [-0.3, -0.25) is 0 Å². The number of halogens is 1. The Morgan fingerprint density at radius 3 is 1.81 bits per heavy atom. The van der Waals surface area contributed by atoms with Crippen molar-refractivity contribution in [3.05, 3.63) is 102 Å². The zero-order chi connectivity index (χ0) is 18.2. The summed E-state index contributed by atoms with van der Waals surface area (Å²) in [6.45, 7) is 2.73. The summed E-state index contributed by atoms with van der Waals surface area (Å²) >= 11 is 5.71. The molecule has 0 radical (unpaired) electrons. The van der Waals surface area contributed by atoms with Crippen molar-refractivity contribution in [2.75, 3.05) is 12.5 Å². The average Bonchev–Trinajstić information content (AvgIpc) is 2.72. The Labute approximate surface area is 160 Å². The van der Waals surface area contributed by atoms with E-state index in [1.54, 1.807) is 0 Å². The molecule has 0 bridgehead atoms. The van der Waals surface area contributed by atoms with Gasteiger partial charge in [-0.05, 0) is 46.4 Å². The van der Waals surface area contributed by atoms with Crippen LogP contribution in [0.3, 0.4) is 0 Å². The monoisotopic (exact) mass is 368 g/mol. The molecular weight excluding hydrogens is 346 g/mol. The van der Waals surface area contributed by atoms with Crippen LogP contribution in [0, 0.1) is 0 Å². The van der Waals surface area contributed by atoms with E-state index >= 15 is 0 Å². The van der Waals surface area contributed by atoms with Gasteiger partial charge in [0.1, 0.15) is 12.4 Å². The Morgan fingerprint density at radius 2 is 1.27 bits per heavy atom. The van der Waals surface area contributed by atoms with Crippen molar-refractivity contribution in [3.63, 3.8) is 0 Å². The van der Waals surface area contributed by atoms with Gasteiger partial charge in [0, 0.05) is 0 Å². The molecule has 3 aromatic carbocycles. The van der Waals surface area contributed by atoms with E-state index in [9.17, 15) is 0 Å². The van der Waals surface area contributed by atoms with E-state index in [1.165, 1.54) is 27.8 Å². The molecule has 0 saturated heterocycles. The third kappa shape index (κ3) is 4.36. The van der Waals surface area contributed by atoms with Crippen LogP contribution in [0.1, 0.15) is 30.0 Å². The Morgan fingerprint density at radius 1 is 0.731 bits per heavy atom. The predicted molar refractivity (Wildman–Crippen MR) is 112 cm³/mol. The maximum absolute atomic E-state index is 5.71. The van der Waals surface area contributed by atoms with E-state index in [4.69, 9.17) is 16.3 Å². The van der Waals surface area contributed by atoms with E-state index in [0.717, 1.165) is 12.2 Å². The molecule has 0 saturated carbocycles. The van der Waals surface area contributed by atoms with Crippen LogP contribution in [0.2, 0.25) is 0 Å². The molecule has 26 heavy (non-hydrogen) atoms. The van der Waals surface area contributed by atoms with Crippen LogP contribution in [-0.4, -0.2) is 12.5 Å². The highest BCUT2D eigenvalue weighted by Crippen LogP contribution is 2.34. The predicted octanol–water partition coefficient (Wildman–Crippen LogP) is 6.67. The first-order chi connectivity index (χ1) is 12.8. The van der Waals surface area contributed by atoms with Gasteiger partial charge in [0.05, 0.1) is 5.88 Å². The average molecular weight is 369 g/mol. The lowest BCUT2D eigenvalue weighted by atomic mass is 9.96. The van der Waals surface area contributed by atoms with Gasteiger partial charge in [0.15, 0.2) is 0 Å². The Bertz CT molecular complexity index is 836. The highest BCUT2D eigenvalue weighted by Gasteiger charge is 2.12. The first kappa shape index (κ1) is 18.3. The summed E-state index contributed by atoms with van der Waals surface area (Å²) in [6, 6.07) is 29.5. The van der Waals surface area contributed by atoms with Crippen LogP contribution in [0.15, 0.2) is 84.9 Å². The molecule has 0 aliphatic carbocycles. The molecule has 0 unspecified atom stereocenters. The summed E-state index contributed by atoms with van der Waals surface area (Å²) in [5.74, 6) is 1.34. The van der Waals surface area contributed by atoms with E-state index in [1.807, 2.05) is 12.1 Å². The minimum atomic E-state index is 0.491. The molecule has 0 heterocycles.